The Labute approximate surface area is 202 Å². The lowest BCUT2D eigenvalue weighted by Crippen LogP contribution is -2.57. The van der Waals surface area contributed by atoms with Crippen molar-refractivity contribution in [2.45, 2.75) is 51.6 Å². The van der Waals surface area contributed by atoms with Crippen molar-refractivity contribution in [3.8, 4) is 5.75 Å². The molecule has 2 saturated heterocycles. The van der Waals surface area contributed by atoms with E-state index in [4.69, 9.17) is 21.1 Å². The van der Waals surface area contributed by atoms with Crippen molar-refractivity contribution in [3.63, 3.8) is 0 Å². The molecule has 0 aliphatic carbocycles. The number of piperazine rings is 1. The molecule has 0 bridgehead atoms. The molecular weight excluding hydrogens is 436 g/mol. The summed E-state index contributed by atoms with van der Waals surface area (Å²) in [6.45, 7) is 8.21. The molecule has 2 aromatic carbocycles. The summed E-state index contributed by atoms with van der Waals surface area (Å²) in [6, 6.07) is 12.4. The molecule has 0 radical (unpaired) electrons. The van der Waals surface area contributed by atoms with Crippen LogP contribution >= 0.6 is 11.6 Å². The van der Waals surface area contributed by atoms with Gasteiger partial charge in [-0.2, -0.15) is 0 Å². The summed E-state index contributed by atoms with van der Waals surface area (Å²) in [7, 11) is 1.72. The zero-order valence-corrected chi connectivity index (χ0v) is 20.7. The zero-order chi connectivity index (χ0) is 23.4. The average molecular weight is 471 g/mol. The lowest BCUT2D eigenvalue weighted by atomic mass is 9.86. The molecule has 0 N–H and O–H groups in total. The molecule has 4 rings (SSSR count). The highest BCUT2D eigenvalue weighted by molar-refractivity contribution is 6.30. The molecule has 0 aromatic heterocycles. The maximum atomic E-state index is 13.0. The second-order valence-electron chi connectivity index (χ2n) is 9.19. The summed E-state index contributed by atoms with van der Waals surface area (Å²) < 4.78 is 11.1. The average Bonchev–Trinajstić information content (AvgIpc) is 2.84. The fourth-order valence-corrected chi connectivity index (χ4v) is 5.39. The fraction of sp³-hybridized carbons (Fsp3) is 0.519. The van der Waals surface area contributed by atoms with E-state index < -0.39 is 0 Å². The molecule has 1 unspecified atom stereocenters. The van der Waals surface area contributed by atoms with E-state index in [0.717, 1.165) is 44.6 Å². The van der Waals surface area contributed by atoms with E-state index in [-0.39, 0.29) is 5.91 Å². The summed E-state index contributed by atoms with van der Waals surface area (Å²) in [5, 5.41) is 0.656. The molecule has 0 spiro atoms. The molecule has 178 valence electrons. The number of ether oxygens (including phenoxy) is 2. The summed E-state index contributed by atoms with van der Waals surface area (Å²) in [4.78, 5) is 17.7. The second-order valence-corrected chi connectivity index (χ2v) is 9.63. The van der Waals surface area contributed by atoms with Crippen LogP contribution in [0.4, 0.5) is 0 Å². The first-order valence-electron chi connectivity index (χ1n) is 12.0. The molecule has 1 amide bonds. The third-order valence-corrected chi connectivity index (χ3v) is 7.46. The van der Waals surface area contributed by atoms with Crippen LogP contribution in [0.3, 0.4) is 0 Å². The standard InChI is InChI=1S/C27H35ClN2O3/c1-19-20(2)26(33-17-5-16-32-3)13-12-24(19)25-7-4-6-23-18-29(14-15-30(23)25)27(31)21-8-10-22(28)11-9-21/h8-13,23,25H,4-7,14-18H2,1-3H3/t23-,25?/m0/s1. The molecule has 2 fully saturated rings. The zero-order valence-electron chi connectivity index (χ0n) is 20.0. The number of fused-ring (bicyclic) bond motifs is 1. The third-order valence-electron chi connectivity index (χ3n) is 7.21. The van der Waals surface area contributed by atoms with Gasteiger partial charge in [0.2, 0.25) is 0 Å². The Kier molecular flexibility index (Phi) is 7.94. The van der Waals surface area contributed by atoms with Crippen LogP contribution in [0, 0.1) is 13.8 Å². The molecule has 2 heterocycles. The Morgan fingerprint density at radius 2 is 1.82 bits per heavy atom. The predicted octanol–water partition coefficient (Wildman–Crippen LogP) is 5.42. The lowest BCUT2D eigenvalue weighted by Gasteiger charge is -2.48. The van der Waals surface area contributed by atoms with Crippen LogP contribution in [0.1, 0.15) is 58.8 Å². The number of hydrogen-bond acceptors (Lipinski definition) is 4. The summed E-state index contributed by atoms with van der Waals surface area (Å²) >= 11 is 5.99. The molecule has 5 nitrogen and oxygen atoms in total. The Morgan fingerprint density at radius 1 is 1.03 bits per heavy atom. The van der Waals surface area contributed by atoms with Crippen LogP contribution in [0.2, 0.25) is 5.02 Å². The maximum absolute atomic E-state index is 13.0. The van der Waals surface area contributed by atoms with Crippen LogP contribution in [-0.4, -0.2) is 61.7 Å². The van der Waals surface area contributed by atoms with Gasteiger partial charge >= 0.3 is 0 Å². The normalized spacial score (nSPS) is 21.0. The Hall–Kier alpha value is -2.08. The molecule has 2 aliphatic rings. The molecular formula is C27H35ClN2O3. The van der Waals surface area contributed by atoms with Gasteiger partial charge in [0.1, 0.15) is 5.75 Å². The number of carbonyl (C=O) groups excluding carboxylic acids is 1. The quantitative estimate of drug-likeness (QED) is 0.506. The van der Waals surface area contributed by atoms with Crippen molar-refractivity contribution in [1.82, 2.24) is 9.80 Å². The van der Waals surface area contributed by atoms with Crippen molar-refractivity contribution in [1.29, 1.82) is 0 Å². The first-order valence-corrected chi connectivity index (χ1v) is 12.4. The van der Waals surface area contributed by atoms with E-state index in [1.54, 1.807) is 19.2 Å². The molecule has 2 atom stereocenters. The van der Waals surface area contributed by atoms with E-state index >= 15 is 0 Å². The van der Waals surface area contributed by atoms with Crippen LogP contribution in [0.25, 0.3) is 0 Å². The van der Waals surface area contributed by atoms with E-state index in [1.807, 2.05) is 17.0 Å². The first-order chi connectivity index (χ1) is 16.0. The summed E-state index contributed by atoms with van der Waals surface area (Å²) in [5.41, 5.74) is 4.67. The van der Waals surface area contributed by atoms with E-state index in [0.29, 0.717) is 35.9 Å². The smallest absolute Gasteiger partial charge is 0.253 e. The van der Waals surface area contributed by atoms with Gasteiger partial charge in [0.15, 0.2) is 0 Å². The van der Waals surface area contributed by atoms with Gasteiger partial charge in [-0.1, -0.05) is 17.7 Å². The molecule has 0 saturated carbocycles. The number of rotatable bonds is 7. The summed E-state index contributed by atoms with van der Waals surface area (Å²) in [5.74, 6) is 1.08. The van der Waals surface area contributed by atoms with Crippen molar-refractivity contribution >= 4 is 17.5 Å². The molecule has 2 aliphatic heterocycles. The highest BCUT2D eigenvalue weighted by Crippen LogP contribution is 2.39. The van der Waals surface area contributed by atoms with E-state index in [1.165, 1.54) is 23.1 Å². The minimum atomic E-state index is 0.107. The van der Waals surface area contributed by atoms with Crippen LogP contribution in [0.15, 0.2) is 36.4 Å². The lowest BCUT2D eigenvalue weighted by molar-refractivity contribution is 0.0101. The first kappa shape index (κ1) is 24.1. The minimum Gasteiger partial charge on any atom is -0.493 e. The Morgan fingerprint density at radius 3 is 2.58 bits per heavy atom. The van der Waals surface area contributed by atoms with Gasteiger partial charge in [0, 0.05) is 62.4 Å². The number of piperidine rings is 1. The van der Waals surface area contributed by atoms with Gasteiger partial charge in [-0.3, -0.25) is 9.69 Å². The van der Waals surface area contributed by atoms with Crippen molar-refractivity contribution in [3.05, 3.63) is 63.7 Å². The third kappa shape index (κ3) is 5.37. The number of carbonyl (C=O) groups is 1. The van der Waals surface area contributed by atoms with Gasteiger partial charge in [0.05, 0.1) is 6.61 Å². The number of nitrogens with zero attached hydrogens (tertiary/aromatic N) is 2. The van der Waals surface area contributed by atoms with E-state index in [2.05, 4.69) is 30.9 Å². The number of hydrogen-bond donors (Lipinski definition) is 0. The van der Waals surface area contributed by atoms with Gasteiger partial charge in [-0.25, -0.2) is 0 Å². The van der Waals surface area contributed by atoms with Gasteiger partial charge in [0.25, 0.3) is 5.91 Å². The largest absolute Gasteiger partial charge is 0.493 e. The second kappa shape index (κ2) is 10.9. The van der Waals surface area contributed by atoms with Crippen LogP contribution in [-0.2, 0) is 4.74 Å². The molecule has 6 heteroatoms. The Bertz CT molecular complexity index is 963. The summed E-state index contributed by atoms with van der Waals surface area (Å²) in [6.07, 6.45) is 4.37. The van der Waals surface area contributed by atoms with Crippen LogP contribution in [0.5, 0.6) is 5.75 Å². The van der Waals surface area contributed by atoms with Gasteiger partial charge in [-0.15, -0.1) is 0 Å². The van der Waals surface area contributed by atoms with Crippen molar-refractivity contribution < 1.29 is 14.3 Å². The predicted molar refractivity (Wildman–Crippen MR) is 132 cm³/mol. The highest BCUT2D eigenvalue weighted by atomic mass is 35.5. The topological polar surface area (TPSA) is 42.0 Å². The monoisotopic (exact) mass is 470 g/mol. The molecule has 33 heavy (non-hydrogen) atoms. The van der Waals surface area contributed by atoms with Crippen LogP contribution < -0.4 is 4.74 Å². The number of methoxy groups -OCH3 is 1. The molecule has 2 aromatic rings. The Balaban J connectivity index is 1.45. The maximum Gasteiger partial charge on any atom is 0.253 e. The van der Waals surface area contributed by atoms with Gasteiger partial charge < -0.3 is 14.4 Å². The van der Waals surface area contributed by atoms with Crippen molar-refractivity contribution in [2.24, 2.45) is 0 Å². The van der Waals surface area contributed by atoms with Crippen molar-refractivity contribution in [2.75, 3.05) is 40.0 Å². The minimum absolute atomic E-state index is 0.107. The number of amides is 1. The van der Waals surface area contributed by atoms with E-state index in [9.17, 15) is 4.79 Å². The highest BCUT2D eigenvalue weighted by Gasteiger charge is 2.37. The fourth-order valence-electron chi connectivity index (χ4n) is 5.26. The number of halogens is 1. The SMILES string of the molecule is COCCCOc1ccc(C2CCC[C@H]3CN(C(=O)c4ccc(Cl)cc4)CCN23)c(C)c1C. The van der Waals surface area contributed by atoms with Gasteiger partial charge in [-0.05, 0) is 80.1 Å². The number of benzene rings is 2.